The zero-order valence-corrected chi connectivity index (χ0v) is 10.2. The number of primary amides is 1. The summed E-state index contributed by atoms with van der Waals surface area (Å²) in [6, 6.07) is 7.53. The van der Waals surface area contributed by atoms with Crippen molar-refractivity contribution >= 4 is 27.8 Å². The second-order valence-electron chi connectivity index (χ2n) is 4.54. The minimum absolute atomic E-state index is 0.420. The first-order valence-corrected chi connectivity index (χ1v) is 5.76. The predicted molar refractivity (Wildman–Crippen MR) is 71.6 cm³/mol. The molecule has 3 aromatic rings. The van der Waals surface area contributed by atoms with Crippen molar-refractivity contribution in [1.29, 1.82) is 0 Å². The van der Waals surface area contributed by atoms with Gasteiger partial charge in [0.25, 0.3) is 0 Å². The van der Waals surface area contributed by atoms with Gasteiger partial charge in [-0.2, -0.15) is 0 Å². The Morgan fingerprint density at radius 2 is 2.00 bits per heavy atom. The Morgan fingerprint density at radius 3 is 2.72 bits per heavy atom. The molecular formula is C14H13N3O. The molecule has 3 rings (SSSR count). The number of nitrogens with zero attached hydrogens (tertiary/aromatic N) is 1. The molecule has 2 heterocycles. The number of hydrogen-bond acceptors (Lipinski definition) is 2. The number of fused-ring (bicyclic) bond motifs is 3. The van der Waals surface area contributed by atoms with Crippen molar-refractivity contribution in [2.75, 3.05) is 0 Å². The number of benzene rings is 1. The van der Waals surface area contributed by atoms with Crippen LogP contribution in [0, 0.1) is 13.8 Å². The highest BCUT2D eigenvalue weighted by atomic mass is 16.1. The lowest BCUT2D eigenvalue weighted by Gasteiger charge is -1.98. The molecule has 0 spiro atoms. The van der Waals surface area contributed by atoms with Crippen molar-refractivity contribution in [3.05, 3.63) is 41.1 Å². The van der Waals surface area contributed by atoms with Gasteiger partial charge in [-0.05, 0) is 37.6 Å². The van der Waals surface area contributed by atoms with Crippen molar-refractivity contribution in [3.63, 3.8) is 0 Å². The summed E-state index contributed by atoms with van der Waals surface area (Å²) in [5, 5.41) is 2.13. The van der Waals surface area contributed by atoms with Gasteiger partial charge < -0.3 is 10.7 Å². The number of pyridine rings is 1. The lowest BCUT2D eigenvalue weighted by molar-refractivity contribution is 0.100. The van der Waals surface area contributed by atoms with E-state index in [1.807, 2.05) is 19.9 Å². The summed E-state index contributed by atoms with van der Waals surface area (Å²) >= 11 is 0. The Morgan fingerprint density at radius 1 is 1.22 bits per heavy atom. The highest BCUT2D eigenvalue weighted by molar-refractivity contribution is 6.08. The fraction of sp³-hybridized carbons (Fsp3) is 0.143. The Labute approximate surface area is 104 Å². The average molecular weight is 239 g/mol. The fourth-order valence-electron chi connectivity index (χ4n) is 2.17. The maximum atomic E-state index is 11.2. The summed E-state index contributed by atoms with van der Waals surface area (Å²) in [6.45, 7) is 4.02. The maximum absolute atomic E-state index is 11.2. The average Bonchev–Trinajstić information content (AvgIpc) is 2.66. The number of hydrogen-bond donors (Lipinski definition) is 2. The monoisotopic (exact) mass is 239 g/mol. The van der Waals surface area contributed by atoms with Crippen LogP contribution in [0.4, 0.5) is 0 Å². The van der Waals surface area contributed by atoms with Gasteiger partial charge in [-0.25, -0.2) is 4.98 Å². The van der Waals surface area contributed by atoms with Crippen LogP contribution in [-0.4, -0.2) is 15.9 Å². The van der Waals surface area contributed by atoms with E-state index in [0.717, 1.165) is 33.2 Å². The first kappa shape index (κ1) is 10.8. The number of nitrogens with two attached hydrogens (primary N) is 1. The number of amides is 1. The number of nitrogens with one attached hydrogen (secondary N) is 1. The van der Waals surface area contributed by atoms with E-state index in [1.54, 1.807) is 12.1 Å². The third kappa shape index (κ3) is 1.46. The molecule has 0 aliphatic carbocycles. The SMILES string of the molecule is Cc1cc2c(nc1C)[nH]c1cc(C(N)=O)ccc12. The Hall–Kier alpha value is -2.36. The summed E-state index contributed by atoms with van der Waals surface area (Å²) in [5.41, 5.74) is 9.67. The number of rotatable bonds is 1. The van der Waals surface area contributed by atoms with E-state index in [-0.39, 0.29) is 0 Å². The summed E-state index contributed by atoms with van der Waals surface area (Å²) in [7, 11) is 0. The third-order valence-corrected chi connectivity index (χ3v) is 3.31. The van der Waals surface area contributed by atoms with Crippen LogP contribution in [0.25, 0.3) is 21.9 Å². The predicted octanol–water partition coefficient (Wildman–Crippen LogP) is 2.43. The van der Waals surface area contributed by atoms with Crippen molar-refractivity contribution in [2.24, 2.45) is 5.73 Å². The summed E-state index contributed by atoms with van der Waals surface area (Å²) in [5.74, 6) is -0.420. The van der Waals surface area contributed by atoms with Crippen LogP contribution in [0.15, 0.2) is 24.3 Å². The Kier molecular flexibility index (Phi) is 2.13. The Bertz CT molecular complexity index is 786. The first-order chi connectivity index (χ1) is 8.56. The smallest absolute Gasteiger partial charge is 0.248 e. The zero-order chi connectivity index (χ0) is 12.9. The lowest BCUT2D eigenvalue weighted by atomic mass is 10.1. The van der Waals surface area contributed by atoms with Gasteiger partial charge in [0.05, 0.1) is 0 Å². The van der Waals surface area contributed by atoms with Crippen LogP contribution in [0.3, 0.4) is 0 Å². The molecule has 0 saturated heterocycles. The number of H-pyrrole nitrogens is 1. The zero-order valence-electron chi connectivity index (χ0n) is 10.2. The van der Waals surface area contributed by atoms with Crippen LogP contribution in [0.2, 0.25) is 0 Å². The first-order valence-electron chi connectivity index (χ1n) is 5.76. The van der Waals surface area contributed by atoms with E-state index >= 15 is 0 Å². The molecule has 4 nitrogen and oxygen atoms in total. The maximum Gasteiger partial charge on any atom is 0.248 e. The molecule has 0 aliphatic heterocycles. The van der Waals surface area contributed by atoms with Gasteiger partial charge in [0.15, 0.2) is 0 Å². The Balaban J connectivity index is 2.40. The number of carbonyl (C=O) groups is 1. The van der Waals surface area contributed by atoms with E-state index in [1.165, 1.54) is 0 Å². The van der Waals surface area contributed by atoms with Crippen LogP contribution >= 0.6 is 0 Å². The lowest BCUT2D eigenvalue weighted by Crippen LogP contribution is -2.10. The molecule has 0 radical (unpaired) electrons. The van der Waals surface area contributed by atoms with Gasteiger partial charge in [-0.15, -0.1) is 0 Å². The molecule has 0 aliphatic rings. The van der Waals surface area contributed by atoms with Gasteiger partial charge >= 0.3 is 0 Å². The third-order valence-electron chi connectivity index (χ3n) is 3.31. The van der Waals surface area contributed by atoms with E-state index in [9.17, 15) is 4.79 Å². The number of aromatic amines is 1. The van der Waals surface area contributed by atoms with Gasteiger partial charge in [-0.3, -0.25) is 4.79 Å². The van der Waals surface area contributed by atoms with Crippen molar-refractivity contribution in [2.45, 2.75) is 13.8 Å². The molecule has 90 valence electrons. The second kappa shape index (κ2) is 3.57. The quantitative estimate of drug-likeness (QED) is 0.684. The summed E-state index contributed by atoms with van der Waals surface area (Å²) < 4.78 is 0. The molecule has 18 heavy (non-hydrogen) atoms. The van der Waals surface area contributed by atoms with Crippen molar-refractivity contribution in [3.8, 4) is 0 Å². The van der Waals surface area contributed by atoms with Crippen LogP contribution < -0.4 is 5.73 Å². The molecule has 0 fully saturated rings. The topological polar surface area (TPSA) is 71.8 Å². The summed E-state index contributed by atoms with van der Waals surface area (Å²) in [4.78, 5) is 18.9. The molecule has 2 aromatic heterocycles. The molecule has 0 saturated carbocycles. The van der Waals surface area contributed by atoms with Crippen molar-refractivity contribution in [1.82, 2.24) is 9.97 Å². The molecule has 0 atom stereocenters. The molecule has 3 N–H and O–H groups in total. The van der Waals surface area contributed by atoms with Gasteiger partial charge in [0.2, 0.25) is 5.91 Å². The van der Waals surface area contributed by atoms with Gasteiger partial charge in [-0.1, -0.05) is 6.07 Å². The van der Waals surface area contributed by atoms with Gasteiger partial charge in [0, 0.05) is 27.5 Å². The molecule has 0 unspecified atom stereocenters. The van der Waals surface area contributed by atoms with E-state index in [2.05, 4.69) is 16.0 Å². The molecular weight excluding hydrogens is 226 g/mol. The fourth-order valence-corrected chi connectivity index (χ4v) is 2.17. The van der Waals surface area contributed by atoms with E-state index < -0.39 is 5.91 Å². The number of aryl methyl sites for hydroxylation is 2. The molecule has 0 bridgehead atoms. The highest BCUT2D eigenvalue weighted by Gasteiger charge is 2.09. The standard InChI is InChI=1S/C14H13N3O/c1-7-5-11-10-4-3-9(13(15)18)6-12(10)17-14(11)16-8(7)2/h3-6H,1-2H3,(H2,15,18)(H,16,17). The van der Waals surface area contributed by atoms with Crippen LogP contribution in [0.5, 0.6) is 0 Å². The van der Waals surface area contributed by atoms with Crippen LogP contribution in [0.1, 0.15) is 21.6 Å². The van der Waals surface area contributed by atoms with E-state index in [4.69, 9.17) is 5.73 Å². The number of aromatic nitrogens is 2. The second-order valence-corrected chi connectivity index (χ2v) is 4.54. The van der Waals surface area contributed by atoms with E-state index in [0.29, 0.717) is 5.56 Å². The summed E-state index contributed by atoms with van der Waals surface area (Å²) in [6.07, 6.45) is 0. The van der Waals surface area contributed by atoms with Crippen LogP contribution in [-0.2, 0) is 0 Å². The minimum atomic E-state index is -0.420. The highest BCUT2D eigenvalue weighted by Crippen LogP contribution is 2.26. The molecule has 4 heteroatoms. The number of carbonyl (C=O) groups excluding carboxylic acids is 1. The molecule has 1 amide bonds. The molecule has 1 aromatic carbocycles. The van der Waals surface area contributed by atoms with Crippen molar-refractivity contribution < 1.29 is 4.79 Å². The minimum Gasteiger partial charge on any atom is -0.366 e. The largest absolute Gasteiger partial charge is 0.366 e. The normalized spacial score (nSPS) is 11.2. The van der Waals surface area contributed by atoms with Gasteiger partial charge in [0.1, 0.15) is 5.65 Å².